The summed E-state index contributed by atoms with van der Waals surface area (Å²) < 4.78 is 6.07. The van der Waals surface area contributed by atoms with Gasteiger partial charge in [-0.2, -0.15) is 0 Å². The van der Waals surface area contributed by atoms with E-state index in [9.17, 15) is 0 Å². The van der Waals surface area contributed by atoms with Crippen LogP contribution in [0.3, 0.4) is 0 Å². The van der Waals surface area contributed by atoms with Crippen molar-refractivity contribution in [2.24, 2.45) is 4.99 Å². The van der Waals surface area contributed by atoms with Gasteiger partial charge in [0.25, 0.3) is 0 Å². The molecule has 0 aliphatic carbocycles. The molecule has 3 nitrogen and oxygen atoms in total. The molecule has 3 heteroatoms. The van der Waals surface area contributed by atoms with Gasteiger partial charge in [-0.05, 0) is 51.4 Å². The number of hydrogen-bond acceptors (Lipinski definition) is 3. The fourth-order valence-corrected chi connectivity index (χ4v) is 2.50. The molecule has 1 aliphatic rings. The van der Waals surface area contributed by atoms with Crippen LogP contribution in [0.5, 0.6) is 0 Å². The number of benzene rings is 1. The molecule has 0 saturated carbocycles. The van der Waals surface area contributed by atoms with Crippen molar-refractivity contribution in [3.05, 3.63) is 34.7 Å². The molecule has 1 saturated heterocycles. The fourth-order valence-electron chi connectivity index (χ4n) is 2.50. The minimum absolute atomic E-state index is 0.212. The highest BCUT2D eigenvalue weighted by atomic mass is 16.5. The van der Waals surface area contributed by atoms with Gasteiger partial charge in [0.15, 0.2) is 0 Å². The van der Waals surface area contributed by atoms with Gasteiger partial charge in [-0.15, -0.1) is 0 Å². The third-order valence-electron chi connectivity index (χ3n) is 3.51. The Kier molecular flexibility index (Phi) is 4.74. The summed E-state index contributed by atoms with van der Waals surface area (Å²) in [6, 6.07) is 8.13. The highest BCUT2D eigenvalue weighted by Gasteiger charge is 2.19. The molecule has 1 aliphatic heterocycles. The Balaban J connectivity index is 2.32. The van der Waals surface area contributed by atoms with Crippen LogP contribution in [0.15, 0.2) is 29.3 Å². The topological polar surface area (TPSA) is 24.8 Å². The number of aliphatic imine (C=N–C) groups is 1. The number of likely N-dealkylation sites (N-methyl/N-ethyl adjacent to an activating group) is 1. The van der Waals surface area contributed by atoms with Gasteiger partial charge < -0.3 is 9.64 Å². The van der Waals surface area contributed by atoms with E-state index in [0.717, 1.165) is 29.9 Å². The molecule has 0 amide bonds. The first-order valence-corrected chi connectivity index (χ1v) is 6.82. The summed E-state index contributed by atoms with van der Waals surface area (Å²) in [5, 5.41) is 2.15. The van der Waals surface area contributed by atoms with E-state index in [1.54, 1.807) is 0 Å². The van der Waals surface area contributed by atoms with Crippen LogP contribution in [-0.4, -0.2) is 37.9 Å². The summed E-state index contributed by atoms with van der Waals surface area (Å²) in [5.74, 6) is 0.647. The van der Waals surface area contributed by atoms with E-state index in [1.165, 1.54) is 6.42 Å². The molecule has 0 N–H and O–H groups in total. The van der Waals surface area contributed by atoms with Crippen molar-refractivity contribution in [2.75, 3.05) is 20.1 Å². The average molecular weight is 258 g/mol. The van der Waals surface area contributed by atoms with E-state index in [2.05, 4.69) is 35.8 Å². The van der Waals surface area contributed by atoms with E-state index in [0.29, 0.717) is 5.88 Å². The lowest BCUT2D eigenvalue weighted by Crippen LogP contribution is -2.38. The summed E-state index contributed by atoms with van der Waals surface area (Å²) in [4.78, 5) is 6.39. The lowest BCUT2D eigenvalue weighted by atomic mass is 10.1. The lowest BCUT2D eigenvalue weighted by molar-refractivity contribution is 0.0782. The predicted molar refractivity (Wildman–Crippen MR) is 80.4 cm³/mol. The zero-order valence-corrected chi connectivity index (χ0v) is 11.8. The standard InChI is InChI=1S/C16H22N2O/c1-4-13-8-5-6-10-15(13)16(17-2)19-14-9-7-11-18(3)12-14/h4-6,8,10,14H,2,7,9,11-12H2,1,3H3/b13-4-,16-15+/t14-/m1/s1. The molecular weight excluding hydrogens is 236 g/mol. The van der Waals surface area contributed by atoms with Gasteiger partial charge in [-0.3, -0.25) is 0 Å². The zero-order valence-electron chi connectivity index (χ0n) is 11.8. The highest BCUT2D eigenvalue weighted by molar-refractivity contribution is 5.46. The Hall–Kier alpha value is -1.61. The van der Waals surface area contributed by atoms with Gasteiger partial charge in [-0.25, -0.2) is 4.99 Å². The van der Waals surface area contributed by atoms with Crippen molar-refractivity contribution in [1.82, 2.24) is 4.90 Å². The summed E-state index contributed by atoms with van der Waals surface area (Å²) in [7, 11) is 2.13. The quantitative estimate of drug-likeness (QED) is 0.765. The molecule has 19 heavy (non-hydrogen) atoms. The van der Waals surface area contributed by atoms with Gasteiger partial charge in [0, 0.05) is 11.8 Å². The van der Waals surface area contributed by atoms with Crippen LogP contribution in [0, 0.1) is 0 Å². The Morgan fingerprint density at radius 3 is 2.95 bits per heavy atom. The number of hydrogen-bond donors (Lipinski definition) is 0. The first-order valence-electron chi connectivity index (χ1n) is 6.82. The lowest BCUT2D eigenvalue weighted by Gasteiger charge is -2.29. The molecule has 0 unspecified atom stereocenters. The Morgan fingerprint density at radius 1 is 1.47 bits per heavy atom. The van der Waals surface area contributed by atoms with Crippen molar-refractivity contribution in [3.8, 4) is 0 Å². The molecule has 0 aromatic heterocycles. The Labute approximate surface area is 114 Å². The van der Waals surface area contributed by atoms with Crippen LogP contribution in [0.1, 0.15) is 19.8 Å². The minimum atomic E-state index is 0.212. The summed E-state index contributed by atoms with van der Waals surface area (Å²) in [6.07, 6.45) is 4.54. The second kappa shape index (κ2) is 6.53. The molecule has 0 bridgehead atoms. The van der Waals surface area contributed by atoms with Crippen LogP contribution in [-0.2, 0) is 4.74 Å². The first kappa shape index (κ1) is 13.8. The molecule has 1 aromatic rings. The van der Waals surface area contributed by atoms with Gasteiger partial charge in [-0.1, -0.05) is 24.3 Å². The smallest absolute Gasteiger partial charge is 0.221 e. The number of ether oxygens (including phenoxy) is 1. The van der Waals surface area contributed by atoms with Gasteiger partial charge in [0.05, 0.1) is 0 Å². The molecule has 102 valence electrons. The predicted octanol–water partition coefficient (Wildman–Crippen LogP) is 1.36. The van der Waals surface area contributed by atoms with Crippen molar-refractivity contribution >= 4 is 18.7 Å². The molecule has 1 fully saturated rings. The Morgan fingerprint density at radius 2 is 2.26 bits per heavy atom. The van der Waals surface area contributed by atoms with Crippen LogP contribution in [0.25, 0.3) is 12.0 Å². The van der Waals surface area contributed by atoms with Crippen molar-refractivity contribution in [1.29, 1.82) is 0 Å². The third-order valence-corrected chi connectivity index (χ3v) is 3.51. The highest BCUT2D eigenvalue weighted by Crippen LogP contribution is 2.15. The molecule has 1 atom stereocenters. The molecule has 1 aromatic carbocycles. The summed E-state index contributed by atoms with van der Waals surface area (Å²) >= 11 is 0. The number of likely N-dealkylation sites (tertiary alicyclic amines) is 1. The molecule has 0 radical (unpaired) electrons. The third kappa shape index (κ3) is 3.44. The maximum Gasteiger partial charge on any atom is 0.221 e. The minimum Gasteiger partial charge on any atom is -0.473 e. The summed E-state index contributed by atoms with van der Waals surface area (Å²) in [5.41, 5.74) is 0. The maximum absolute atomic E-state index is 6.07. The molecule has 1 heterocycles. The molecule has 0 spiro atoms. The summed E-state index contributed by atoms with van der Waals surface area (Å²) in [6.45, 7) is 7.78. The number of piperidine rings is 1. The van der Waals surface area contributed by atoms with Crippen molar-refractivity contribution in [2.45, 2.75) is 25.9 Å². The van der Waals surface area contributed by atoms with Gasteiger partial charge in [0.2, 0.25) is 5.88 Å². The Bertz CT molecular complexity index is 550. The average Bonchev–Trinajstić information content (AvgIpc) is 2.45. The van der Waals surface area contributed by atoms with E-state index in [4.69, 9.17) is 4.74 Å². The van der Waals surface area contributed by atoms with Gasteiger partial charge in [0.1, 0.15) is 6.10 Å². The van der Waals surface area contributed by atoms with Crippen molar-refractivity contribution < 1.29 is 4.74 Å². The fraction of sp³-hybridized carbons (Fsp3) is 0.438. The van der Waals surface area contributed by atoms with Crippen LogP contribution < -0.4 is 10.4 Å². The molecule has 2 rings (SSSR count). The molecular formula is C16H22N2O. The first-order chi connectivity index (χ1) is 9.24. The van der Waals surface area contributed by atoms with E-state index < -0.39 is 0 Å². The number of rotatable bonds is 3. The second-order valence-electron chi connectivity index (χ2n) is 4.98. The van der Waals surface area contributed by atoms with Crippen LogP contribution >= 0.6 is 0 Å². The van der Waals surface area contributed by atoms with Crippen LogP contribution in [0.2, 0.25) is 0 Å². The van der Waals surface area contributed by atoms with Gasteiger partial charge >= 0.3 is 0 Å². The normalized spacial score (nSPS) is 23.1. The van der Waals surface area contributed by atoms with E-state index >= 15 is 0 Å². The SMILES string of the molecule is C=N/C(O[C@@H]1CCCN(C)C1)=c1/cccc/c1=C/C. The van der Waals surface area contributed by atoms with Crippen LogP contribution in [0.4, 0.5) is 0 Å². The van der Waals surface area contributed by atoms with E-state index in [-0.39, 0.29) is 6.10 Å². The second-order valence-corrected chi connectivity index (χ2v) is 4.98. The van der Waals surface area contributed by atoms with Crippen molar-refractivity contribution in [3.63, 3.8) is 0 Å². The zero-order chi connectivity index (χ0) is 13.7. The number of nitrogens with zero attached hydrogens (tertiary/aromatic N) is 2. The van der Waals surface area contributed by atoms with E-state index in [1.807, 2.05) is 25.1 Å². The maximum atomic E-state index is 6.07. The monoisotopic (exact) mass is 258 g/mol. The largest absolute Gasteiger partial charge is 0.473 e.